The maximum atomic E-state index is 12.5. The average Bonchev–Trinajstić information content (AvgIpc) is 2.87. The van der Waals surface area contributed by atoms with Gasteiger partial charge in [-0.1, -0.05) is 13.8 Å². The molecule has 5 heteroatoms. The highest BCUT2D eigenvalue weighted by molar-refractivity contribution is 7.15. The standard InChI is InChI=1S/C14H19NO3S/c1-9(2)10-5-3-4-8-15(10)13(16)11-6-7-12(19-11)14(17)18/h6-7,9-10H,3-5,8H2,1-2H3,(H,17,18). The minimum Gasteiger partial charge on any atom is -0.477 e. The van der Waals surface area contributed by atoms with Crippen molar-refractivity contribution in [3.8, 4) is 0 Å². The summed E-state index contributed by atoms with van der Waals surface area (Å²) in [6.45, 7) is 5.04. The molecule has 1 aromatic rings. The van der Waals surface area contributed by atoms with Crippen molar-refractivity contribution in [1.29, 1.82) is 0 Å². The summed E-state index contributed by atoms with van der Waals surface area (Å²) in [6.07, 6.45) is 3.24. The number of carboxylic acids is 1. The number of carbonyl (C=O) groups excluding carboxylic acids is 1. The highest BCUT2D eigenvalue weighted by Gasteiger charge is 2.30. The van der Waals surface area contributed by atoms with Crippen molar-refractivity contribution in [2.45, 2.75) is 39.2 Å². The molecule has 1 amide bonds. The van der Waals surface area contributed by atoms with Gasteiger partial charge in [0.05, 0.1) is 4.88 Å². The van der Waals surface area contributed by atoms with Crippen LogP contribution in [0.2, 0.25) is 0 Å². The van der Waals surface area contributed by atoms with Crippen LogP contribution in [0.4, 0.5) is 0 Å². The van der Waals surface area contributed by atoms with Crippen molar-refractivity contribution >= 4 is 23.2 Å². The van der Waals surface area contributed by atoms with Gasteiger partial charge in [-0.05, 0) is 37.3 Å². The molecule has 1 aromatic heterocycles. The van der Waals surface area contributed by atoms with E-state index in [2.05, 4.69) is 13.8 Å². The molecule has 0 saturated carbocycles. The fourth-order valence-electron chi connectivity index (χ4n) is 2.61. The van der Waals surface area contributed by atoms with E-state index in [9.17, 15) is 9.59 Å². The van der Waals surface area contributed by atoms with Crippen molar-refractivity contribution < 1.29 is 14.7 Å². The highest BCUT2D eigenvalue weighted by atomic mass is 32.1. The third kappa shape index (κ3) is 2.97. The van der Waals surface area contributed by atoms with E-state index in [1.54, 1.807) is 6.07 Å². The predicted molar refractivity (Wildman–Crippen MR) is 74.8 cm³/mol. The van der Waals surface area contributed by atoms with Gasteiger partial charge in [0, 0.05) is 12.6 Å². The zero-order valence-corrected chi connectivity index (χ0v) is 12.1. The van der Waals surface area contributed by atoms with Gasteiger partial charge in [0.1, 0.15) is 4.88 Å². The third-order valence-electron chi connectivity index (χ3n) is 3.61. The largest absolute Gasteiger partial charge is 0.477 e. The first-order valence-corrected chi connectivity index (χ1v) is 7.46. The van der Waals surface area contributed by atoms with Gasteiger partial charge < -0.3 is 10.0 Å². The molecule has 1 saturated heterocycles. The first-order valence-electron chi connectivity index (χ1n) is 6.65. The second-order valence-electron chi connectivity index (χ2n) is 5.27. The molecule has 1 unspecified atom stereocenters. The molecule has 1 fully saturated rings. The number of aromatic carboxylic acids is 1. The molecule has 0 bridgehead atoms. The Hall–Kier alpha value is -1.36. The second-order valence-corrected chi connectivity index (χ2v) is 6.36. The van der Waals surface area contributed by atoms with Crippen LogP contribution in [0, 0.1) is 5.92 Å². The Kier molecular flexibility index (Phi) is 4.24. The van der Waals surface area contributed by atoms with Crippen molar-refractivity contribution in [2.75, 3.05) is 6.54 Å². The lowest BCUT2D eigenvalue weighted by Crippen LogP contribution is -2.46. The van der Waals surface area contributed by atoms with Gasteiger partial charge in [0.2, 0.25) is 0 Å². The Labute approximate surface area is 117 Å². The molecule has 0 aliphatic carbocycles. The SMILES string of the molecule is CC(C)C1CCCCN1C(=O)c1ccc(C(=O)O)s1. The molecular formula is C14H19NO3S. The number of carbonyl (C=O) groups is 2. The molecule has 1 atom stereocenters. The first kappa shape index (κ1) is 14.1. The molecule has 1 aliphatic heterocycles. The summed E-state index contributed by atoms with van der Waals surface area (Å²) in [5.74, 6) is -0.554. The monoisotopic (exact) mass is 281 g/mol. The second kappa shape index (κ2) is 5.74. The normalized spacial score (nSPS) is 19.7. The van der Waals surface area contributed by atoms with Crippen LogP contribution >= 0.6 is 11.3 Å². The fraction of sp³-hybridized carbons (Fsp3) is 0.571. The summed E-state index contributed by atoms with van der Waals surface area (Å²) in [7, 11) is 0. The maximum absolute atomic E-state index is 12.5. The van der Waals surface area contributed by atoms with Crippen LogP contribution in [0.1, 0.15) is 52.5 Å². The molecule has 0 spiro atoms. The smallest absolute Gasteiger partial charge is 0.345 e. The number of thiophene rings is 1. The third-order valence-corrected chi connectivity index (χ3v) is 4.67. The fourth-order valence-corrected chi connectivity index (χ4v) is 3.41. The van der Waals surface area contributed by atoms with Crippen molar-refractivity contribution in [1.82, 2.24) is 4.90 Å². The highest BCUT2D eigenvalue weighted by Crippen LogP contribution is 2.27. The molecule has 4 nitrogen and oxygen atoms in total. The van der Waals surface area contributed by atoms with Gasteiger partial charge >= 0.3 is 5.97 Å². The van der Waals surface area contributed by atoms with E-state index in [0.29, 0.717) is 10.8 Å². The van der Waals surface area contributed by atoms with Crippen LogP contribution in [0.15, 0.2) is 12.1 Å². The number of carboxylic acid groups (broad SMARTS) is 1. The van der Waals surface area contributed by atoms with Crippen molar-refractivity contribution in [3.05, 3.63) is 21.9 Å². The summed E-state index contributed by atoms with van der Waals surface area (Å²) in [4.78, 5) is 26.0. The molecule has 104 valence electrons. The number of nitrogens with zero attached hydrogens (tertiary/aromatic N) is 1. The summed E-state index contributed by atoms with van der Waals surface area (Å²) in [5, 5.41) is 8.92. The molecule has 2 heterocycles. The van der Waals surface area contributed by atoms with Gasteiger partial charge in [-0.25, -0.2) is 4.79 Å². The van der Waals surface area contributed by atoms with Crippen LogP contribution in [0.3, 0.4) is 0 Å². The van der Waals surface area contributed by atoms with Gasteiger partial charge in [-0.2, -0.15) is 0 Å². The first-order chi connectivity index (χ1) is 9.00. The lowest BCUT2D eigenvalue weighted by molar-refractivity contribution is 0.0548. The summed E-state index contributed by atoms with van der Waals surface area (Å²) >= 11 is 1.07. The van der Waals surface area contributed by atoms with Gasteiger partial charge in [-0.3, -0.25) is 4.79 Å². The predicted octanol–water partition coefficient (Wildman–Crippen LogP) is 3.10. The van der Waals surface area contributed by atoms with Crippen LogP contribution in [0.5, 0.6) is 0 Å². The summed E-state index contributed by atoms with van der Waals surface area (Å²) in [5.41, 5.74) is 0. The lowest BCUT2D eigenvalue weighted by atomic mass is 9.92. The summed E-state index contributed by atoms with van der Waals surface area (Å²) < 4.78 is 0. The van der Waals surface area contributed by atoms with E-state index in [1.165, 1.54) is 6.07 Å². The number of piperidine rings is 1. The van der Waals surface area contributed by atoms with E-state index in [1.807, 2.05) is 4.90 Å². The molecule has 0 aromatic carbocycles. The Morgan fingerprint density at radius 1 is 1.32 bits per heavy atom. The molecule has 0 radical (unpaired) electrons. The Balaban J connectivity index is 2.18. The van der Waals surface area contributed by atoms with E-state index in [0.717, 1.165) is 37.1 Å². The van der Waals surface area contributed by atoms with Crippen molar-refractivity contribution in [2.24, 2.45) is 5.92 Å². The lowest BCUT2D eigenvalue weighted by Gasteiger charge is -2.38. The quantitative estimate of drug-likeness (QED) is 0.926. The molecule has 19 heavy (non-hydrogen) atoms. The number of likely N-dealkylation sites (tertiary alicyclic amines) is 1. The molecule has 1 aliphatic rings. The van der Waals surface area contributed by atoms with Gasteiger partial charge in [0.15, 0.2) is 0 Å². The van der Waals surface area contributed by atoms with Crippen LogP contribution in [0.25, 0.3) is 0 Å². The van der Waals surface area contributed by atoms with Gasteiger partial charge in [0.25, 0.3) is 5.91 Å². The van der Waals surface area contributed by atoms with Gasteiger partial charge in [-0.15, -0.1) is 11.3 Å². The number of hydrogen-bond donors (Lipinski definition) is 1. The van der Waals surface area contributed by atoms with E-state index in [-0.39, 0.29) is 16.8 Å². The molecule has 1 N–H and O–H groups in total. The van der Waals surface area contributed by atoms with Crippen LogP contribution in [-0.4, -0.2) is 34.5 Å². The average molecular weight is 281 g/mol. The van der Waals surface area contributed by atoms with E-state index >= 15 is 0 Å². The maximum Gasteiger partial charge on any atom is 0.345 e. The topological polar surface area (TPSA) is 57.6 Å². The van der Waals surface area contributed by atoms with E-state index in [4.69, 9.17) is 5.11 Å². The minimum atomic E-state index is -0.969. The van der Waals surface area contributed by atoms with Crippen LogP contribution < -0.4 is 0 Å². The minimum absolute atomic E-state index is 0.0177. The Morgan fingerprint density at radius 3 is 2.58 bits per heavy atom. The van der Waals surface area contributed by atoms with Crippen LogP contribution in [-0.2, 0) is 0 Å². The zero-order valence-electron chi connectivity index (χ0n) is 11.3. The number of hydrogen-bond acceptors (Lipinski definition) is 3. The summed E-state index contributed by atoms with van der Waals surface area (Å²) in [6, 6.07) is 3.41. The van der Waals surface area contributed by atoms with Crippen molar-refractivity contribution in [3.63, 3.8) is 0 Å². The molecule has 2 rings (SSSR count). The van der Waals surface area contributed by atoms with E-state index < -0.39 is 5.97 Å². The Bertz CT molecular complexity index is 481. The zero-order chi connectivity index (χ0) is 14.0. The number of rotatable bonds is 3. The number of amides is 1. The Morgan fingerprint density at radius 2 is 2.00 bits per heavy atom. The molecular weight excluding hydrogens is 262 g/mol.